The maximum atomic E-state index is 13.1. The minimum absolute atomic E-state index is 0.105. The Kier molecular flexibility index (Phi) is 6.83. The number of carbonyl (C=O) groups is 1. The van der Waals surface area contributed by atoms with Crippen LogP contribution in [0.15, 0.2) is 64.2 Å². The van der Waals surface area contributed by atoms with Gasteiger partial charge in [0.1, 0.15) is 5.82 Å². The molecule has 10 heteroatoms. The molecule has 0 unspecified atom stereocenters. The predicted octanol–water partition coefficient (Wildman–Crippen LogP) is 2.06. The monoisotopic (exact) mass is 437 g/mol. The lowest BCUT2D eigenvalue weighted by Gasteiger charge is -2.24. The van der Waals surface area contributed by atoms with Gasteiger partial charge in [0, 0.05) is 18.2 Å². The quantitative estimate of drug-likeness (QED) is 0.408. The van der Waals surface area contributed by atoms with Crippen LogP contribution in [0.2, 0.25) is 0 Å². The number of rotatable bonds is 8. The molecule has 0 saturated heterocycles. The first-order valence-electron chi connectivity index (χ1n) is 10.0. The van der Waals surface area contributed by atoms with Crippen molar-refractivity contribution in [2.45, 2.75) is 26.3 Å². The van der Waals surface area contributed by atoms with Crippen molar-refractivity contribution in [1.82, 2.24) is 9.55 Å². The molecule has 10 nitrogen and oxygen atoms in total. The van der Waals surface area contributed by atoms with Crippen LogP contribution in [0.4, 0.5) is 17.2 Å². The Hall–Kier alpha value is -4.21. The van der Waals surface area contributed by atoms with Crippen LogP contribution in [0, 0.1) is 10.1 Å². The normalized spacial score (nSPS) is 10.7. The van der Waals surface area contributed by atoms with E-state index in [-0.39, 0.29) is 42.3 Å². The van der Waals surface area contributed by atoms with E-state index >= 15 is 0 Å². The number of H-pyrrole nitrogens is 1. The fourth-order valence-electron chi connectivity index (χ4n) is 3.44. The van der Waals surface area contributed by atoms with E-state index in [1.165, 1.54) is 27.7 Å². The van der Waals surface area contributed by atoms with Crippen molar-refractivity contribution in [3.63, 3.8) is 0 Å². The van der Waals surface area contributed by atoms with Crippen LogP contribution in [0.3, 0.4) is 0 Å². The van der Waals surface area contributed by atoms with E-state index in [9.17, 15) is 24.5 Å². The maximum absolute atomic E-state index is 13.1. The molecule has 3 N–H and O–H groups in total. The third-order valence-corrected chi connectivity index (χ3v) is 4.95. The smallest absolute Gasteiger partial charge is 0.330 e. The average molecular weight is 437 g/mol. The fraction of sp³-hybridized carbons (Fsp3) is 0.227. The number of aromatic nitrogens is 2. The summed E-state index contributed by atoms with van der Waals surface area (Å²) in [5.74, 6) is -0.685. The first kappa shape index (κ1) is 22.5. The molecule has 0 atom stereocenters. The lowest BCUT2D eigenvalue weighted by atomic mass is 10.1. The molecule has 0 spiro atoms. The van der Waals surface area contributed by atoms with Gasteiger partial charge in [-0.05, 0) is 12.0 Å². The number of nitrogens with two attached hydrogens (primary N) is 1. The number of benzene rings is 2. The minimum atomic E-state index is -0.791. The Morgan fingerprint density at radius 3 is 2.44 bits per heavy atom. The number of hydrogen-bond donors (Lipinski definition) is 2. The van der Waals surface area contributed by atoms with Crippen molar-refractivity contribution >= 4 is 23.1 Å². The van der Waals surface area contributed by atoms with E-state index < -0.39 is 22.1 Å². The van der Waals surface area contributed by atoms with Crippen LogP contribution >= 0.6 is 0 Å². The number of carbonyl (C=O) groups excluding carboxylic acids is 1. The molecular weight excluding hydrogens is 414 g/mol. The molecule has 2 aromatic carbocycles. The summed E-state index contributed by atoms with van der Waals surface area (Å²) in [6, 6.07) is 15.0. The number of nitro groups is 1. The van der Waals surface area contributed by atoms with E-state index in [1.54, 1.807) is 18.2 Å². The summed E-state index contributed by atoms with van der Waals surface area (Å²) < 4.78 is 1.19. The number of nitrogens with one attached hydrogen (secondary N) is 1. The Labute approximate surface area is 183 Å². The molecule has 32 heavy (non-hydrogen) atoms. The van der Waals surface area contributed by atoms with Gasteiger partial charge in [-0.2, -0.15) is 0 Å². The second-order valence-electron chi connectivity index (χ2n) is 7.17. The number of nitrogens with zero attached hydrogens (tertiary/aromatic N) is 3. The molecule has 0 bridgehead atoms. The number of aromatic amines is 1. The average Bonchev–Trinajstić information content (AvgIpc) is 2.77. The highest BCUT2D eigenvalue weighted by Crippen LogP contribution is 2.22. The standard InChI is InChI=1S/C22H23N5O5/c1-2-12-25(18(28)13-16-10-6-7-11-17(16)27(31)32)19-20(23)26(22(30)24-21(19)29)14-15-8-4-3-5-9-15/h3-11H,2,12-14,23H2,1H3,(H,24,29,30). The van der Waals surface area contributed by atoms with Crippen LogP contribution < -0.4 is 21.9 Å². The Morgan fingerprint density at radius 1 is 1.12 bits per heavy atom. The van der Waals surface area contributed by atoms with Gasteiger partial charge < -0.3 is 10.6 Å². The third-order valence-electron chi connectivity index (χ3n) is 4.95. The van der Waals surface area contributed by atoms with Crippen LogP contribution in [0.1, 0.15) is 24.5 Å². The van der Waals surface area contributed by atoms with Crippen molar-refractivity contribution in [3.05, 3.63) is 96.7 Å². The van der Waals surface area contributed by atoms with Crippen molar-refractivity contribution in [2.75, 3.05) is 17.2 Å². The molecule has 0 aliphatic carbocycles. The summed E-state index contributed by atoms with van der Waals surface area (Å²) in [4.78, 5) is 52.4. The van der Waals surface area contributed by atoms with Gasteiger partial charge in [0.15, 0.2) is 5.69 Å². The number of para-hydroxylation sites is 1. The molecule has 0 aliphatic heterocycles. The Balaban J connectivity index is 2.03. The fourth-order valence-corrected chi connectivity index (χ4v) is 3.44. The molecule has 1 heterocycles. The highest BCUT2D eigenvalue weighted by Gasteiger charge is 2.26. The maximum Gasteiger partial charge on any atom is 0.330 e. The van der Waals surface area contributed by atoms with Gasteiger partial charge in [-0.1, -0.05) is 55.5 Å². The van der Waals surface area contributed by atoms with E-state index in [0.29, 0.717) is 6.42 Å². The zero-order valence-electron chi connectivity index (χ0n) is 17.5. The topological polar surface area (TPSA) is 144 Å². The van der Waals surface area contributed by atoms with E-state index in [2.05, 4.69) is 4.98 Å². The number of anilines is 2. The molecule has 0 aliphatic rings. The van der Waals surface area contributed by atoms with Crippen molar-refractivity contribution < 1.29 is 9.72 Å². The van der Waals surface area contributed by atoms with Crippen molar-refractivity contribution in [2.24, 2.45) is 0 Å². The summed E-state index contributed by atoms with van der Waals surface area (Å²) in [5, 5.41) is 11.3. The summed E-state index contributed by atoms with van der Waals surface area (Å²) >= 11 is 0. The van der Waals surface area contributed by atoms with E-state index in [4.69, 9.17) is 5.73 Å². The summed E-state index contributed by atoms with van der Waals surface area (Å²) in [5.41, 5.74) is 5.40. The first-order valence-corrected chi connectivity index (χ1v) is 10.0. The highest BCUT2D eigenvalue weighted by atomic mass is 16.6. The first-order chi connectivity index (χ1) is 15.3. The van der Waals surface area contributed by atoms with Gasteiger partial charge in [-0.3, -0.25) is 29.3 Å². The molecule has 1 aromatic heterocycles. The molecular formula is C22H23N5O5. The number of hydrogen-bond acceptors (Lipinski definition) is 6. The zero-order chi connectivity index (χ0) is 23.3. The van der Waals surface area contributed by atoms with Gasteiger partial charge in [-0.25, -0.2) is 4.79 Å². The van der Waals surface area contributed by atoms with Crippen LogP contribution in [0.5, 0.6) is 0 Å². The molecule has 1 amide bonds. The van der Waals surface area contributed by atoms with Gasteiger partial charge in [0.05, 0.1) is 17.9 Å². The van der Waals surface area contributed by atoms with Crippen LogP contribution in [-0.2, 0) is 17.8 Å². The van der Waals surface area contributed by atoms with E-state index in [1.807, 2.05) is 25.1 Å². The van der Waals surface area contributed by atoms with Crippen molar-refractivity contribution in [1.29, 1.82) is 0 Å². The number of nitro benzene ring substituents is 1. The van der Waals surface area contributed by atoms with Crippen LogP contribution in [-0.4, -0.2) is 26.9 Å². The second-order valence-corrected chi connectivity index (χ2v) is 7.17. The molecule has 0 fully saturated rings. The Morgan fingerprint density at radius 2 is 1.78 bits per heavy atom. The lowest BCUT2D eigenvalue weighted by Crippen LogP contribution is -2.42. The van der Waals surface area contributed by atoms with Crippen LogP contribution in [0.25, 0.3) is 0 Å². The predicted molar refractivity (Wildman–Crippen MR) is 121 cm³/mol. The molecule has 0 radical (unpaired) electrons. The lowest BCUT2D eigenvalue weighted by molar-refractivity contribution is -0.385. The molecule has 3 rings (SSSR count). The van der Waals surface area contributed by atoms with Gasteiger partial charge in [0.2, 0.25) is 5.91 Å². The molecule has 0 saturated carbocycles. The van der Waals surface area contributed by atoms with Gasteiger partial charge >= 0.3 is 5.69 Å². The minimum Gasteiger partial charge on any atom is -0.383 e. The van der Waals surface area contributed by atoms with E-state index in [0.717, 1.165) is 5.56 Å². The summed E-state index contributed by atoms with van der Waals surface area (Å²) in [6.45, 7) is 2.07. The Bertz CT molecular complexity index is 1250. The molecule has 3 aromatic rings. The SMILES string of the molecule is CCCN(C(=O)Cc1ccccc1[N+](=O)[O-])c1c(N)n(Cc2ccccc2)c(=O)[nH]c1=O. The second kappa shape index (κ2) is 9.73. The van der Waals surface area contributed by atoms with Gasteiger partial charge in [0.25, 0.3) is 11.2 Å². The van der Waals surface area contributed by atoms with Gasteiger partial charge in [-0.15, -0.1) is 0 Å². The largest absolute Gasteiger partial charge is 0.383 e. The summed E-state index contributed by atoms with van der Waals surface area (Å²) in [6.07, 6.45) is 0.202. The van der Waals surface area contributed by atoms with Crippen molar-refractivity contribution in [3.8, 4) is 0 Å². The zero-order valence-corrected chi connectivity index (χ0v) is 17.5. The third kappa shape index (κ3) is 4.75. The number of nitrogen functional groups attached to an aromatic ring is 1. The highest BCUT2D eigenvalue weighted by molar-refractivity contribution is 5.97. The summed E-state index contributed by atoms with van der Waals surface area (Å²) in [7, 11) is 0. The number of amides is 1. The molecule has 166 valence electrons.